The summed E-state index contributed by atoms with van der Waals surface area (Å²) in [5.41, 5.74) is 2.74. The van der Waals surface area contributed by atoms with Crippen molar-refractivity contribution >= 4 is 27.5 Å². The average Bonchev–Trinajstić information content (AvgIpc) is 3.51. The number of hydrogen-bond donors (Lipinski definition) is 0. The number of carbonyl (C=O) groups is 1. The lowest BCUT2D eigenvalue weighted by Crippen LogP contribution is -2.36. The molecule has 0 aliphatic carbocycles. The van der Waals surface area contributed by atoms with E-state index < -0.39 is 0 Å². The van der Waals surface area contributed by atoms with Gasteiger partial charge in [-0.25, -0.2) is 4.98 Å². The van der Waals surface area contributed by atoms with Gasteiger partial charge in [0.15, 0.2) is 11.5 Å². The Bertz CT molecular complexity index is 1480. The van der Waals surface area contributed by atoms with Gasteiger partial charge in [0.05, 0.1) is 17.8 Å². The van der Waals surface area contributed by atoms with Crippen LogP contribution in [-0.2, 0) is 11.3 Å². The van der Waals surface area contributed by atoms with Gasteiger partial charge >= 0.3 is 0 Å². The Hall–Kier alpha value is -3.65. The van der Waals surface area contributed by atoms with Crippen molar-refractivity contribution in [1.82, 2.24) is 14.5 Å². The molecule has 7 nitrogen and oxygen atoms in total. The quantitative estimate of drug-likeness (QED) is 0.422. The molecule has 2 aromatic heterocycles. The zero-order chi connectivity index (χ0) is 23.9. The van der Waals surface area contributed by atoms with Crippen molar-refractivity contribution in [2.24, 2.45) is 0 Å². The van der Waals surface area contributed by atoms with Crippen molar-refractivity contribution in [1.29, 1.82) is 0 Å². The van der Waals surface area contributed by atoms with E-state index in [4.69, 9.17) is 9.47 Å². The highest BCUT2D eigenvalue weighted by molar-refractivity contribution is 7.19. The topological polar surface area (TPSA) is 73.7 Å². The number of amides is 1. The van der Waals surface area contributed by atoms with Gasteiger partial charge < -0.3 is 14.4 Å². The molecular weight excluding hydrogens is 462 g/mol. The maximum Gasteiger partial charge on any atom is 0.263 e. The zero-order valence-electron chi connectivity index (χ0n) is 19.4. The molecule has 2 aliphatic heterocycles. The van der Waals surface area contributed by atoms with Crippen LogP contribution in [0.4, 0.5) is 0 Å². The van der Waals surface area contributed by atoms with Gasteiger partial charge in [-0.2, -0.15) is 0 Å². The number of thiophene rings is 1. The normalized spacial score (nSPS) is 17.2. The summed E-state index contributed by atoms with van der Waals surface area (Å²) in [7, 11) is 0. The molecule has 35 heavy (non-hydrogen) atoms. The van der Waals surface area contributed by atoms with Gasteiger partial charge in [-0.1, -0.05) is 36.4 Å². The van der Waals surface area contributed by atoms with E-state index in [1.165, 1.54) is 22.2 Å². The van der Waals surface area contributed by atoms with Crippen molar-refractivity contribution in [3.63, 3.8) is 0 Å². The molecule has 178 valence electrons. The fourth-order valence-corrected chi connectivity index (χ4v) is 6.12. The van der Waals surface area contributed by atoms with Crippen LogP contribution in [0.15, 0.2) is 59.7 Å². The third-order valence-electron chi connectivity index (χ3n) is 6.75. The van der Waals surface area contributed by atoms with Crippen LogP contribution < -0.4 is 15.0 Å². The summed E-state index contributed by atoms with van der Waals surface area (Å²) in [6.45, 7) is 3.70. The molecule has 2 aromatic carbocycles. The van der Waals surface area contributed by atoms with E-state index in [1.54, 1.807) is 0 Å². The molecule has 0 saturated carbocycles. The van der Waals surface area contributed by atoms with Gasteiger partial charge in [-0.15, -0.1) is 11.3 Å². The second-order valence-electron chi connectivity index (χ2n) is 8.91. The number of ether oxygens (including phenoxy) is 2. The maximum atomic E-state index is 13.5. The third kappa shape index (κ3) is 3.87. The lowest BCUT2D eigenvalue weighted by atomic mass is 10.0. The lowest BCUT2D eigenvalue weighted by molar-refractivity contribution is -0.132. The molecule has 0 bridgehead atoms. The summed E-state index contributed by atoms with van der Waals surface area (Å²) < 4.78 is 12.8. The zero-order valence-corrected chi connectivity index (χ0v) is 20.2. The van der Waals surface area contributed by atoms with E-state index in [2.05, 4.69) is 4.98 Å². The van der Waals surface area contributed by atoms with Crippen LogP contribution in [0.5, 0.6) is 11.5 Å². The predicted octanol–water partition coefficient (Wildman–Crippen LogP) is 4.57. The van der Waals surface area contributed by atoms with Crippen molar-refractivity contribution < 1.29 is 14.3 Å². The minimum atomic E-state index is -0.179. The Morgan fingerprint density at radius 2 is 1.91 bits per heavy atom. The second kappa shape index (κ2) is 8.85. The summed E-state index contributed by atoms with van der Waals surface area (Å²) in [6, 6.07) is 15.7. The fourth-order valence-electron chi connectivity index (χ4n) is 5.12. The van der Waals surface area contributed by atoms with Gasteiger partial charge in [0.1, 0.15) is 24.6 Å². The number of aryl methyl sites for hydroxylation is 1. The molecule has 1 saturated heterocycles. The van der Waals surface area contributed by atoms with Crippen LogP contribution in [0, 0.1) is 6.92 Å². The molecule has 4 aromatic rings. The van der Waals surface area contributed by atoms with Crippen molar-refractivity contribution in [2.75, 3.05) is 19.8 Å². The van der Waals surface area contributed by atoms with E-state index in [0.717, 1.165) is 45.9 Å². The molecule has 0 N–H and O–H groups in total. The number of carbonyl (C=O) groups excluding carboxylic acids is 1. The average molecular weight is 488 g/mol. The van der Waals surface area contributed by atoms with E-state index in [-0.39, 0.29) is 24.1 Å². The summed E-state index contributed by atoms with van der Waals surface area (Å²) in [6.07, 6.45) is 3.29. The number of hydrogen-bond acceptors (Lipinski definition) is 6. The molecule has 1 fully saturated rings. The summed E-state index contributed by atoms with van der Waals surface area (Å²) >= 11 is 1.51. The van der Waals surface area contributed by atoms with Crippen molar-refractivity contribution in [3.8, 4) is 22.6 Å². The fraction of sp³-hybridized carbons (Fsp3) is 0.296. The highest BCUT2D eigenvalue weighted by atomic mass is 32.1. The minimum absolute atomic E-state index is 0.0358. The number of likely N-dealkylation sites (tertiary alicyclic amines) is 1. The maximum absolute atomic E-state index is 13.5. The van der Waals surface area contributed by atoms with Gasteiger partial charge in [-0.05, 0) is 43.0 Å². The Morgan fingerprint density at radius 1 is 1.11 bits per heavy atom. The van der Waals surface area contributed by atoms with Gasteiger partial charge in [0, 0.05) is 17.0 Å². The first-order valence-electron chi connectivity index (χ1n) is 11.8. The summed E-state index contributed by atoms with van der Waals surface area (Å²) in [4.78, 5) is 35.1. The molecular formula is C27H25N3O4S. The third-order valence-corrected chi connectivity index (χ3v) is 7.76. The number of nitrogens with zero attached hydrogens (tertiary/aromatic N) is 3. The first kappa shape index (κ1) is 21.9. The molecule has 4 heterocycles. The Morgan fingerprint density at radius 3 is 2.74 bits per heavy atom. The summed E-state index contributed by atoms with van der Waals surface area (Å²) in [5, 5.41) is 0.582. The van der Waals surface area contributed by atoms with E-state index in [0.29, 0.717) is 30.0 Å². The standard InChI is InChI=1S/C27H25N3O4S/c1-17-24(18-6-3-2-4-7-18)25-26(35-17)28-16-29(27(25)32)15-23(31)30-11-5-8-20(30)19-9-10-21-22(14-19)34-13-12-33-21/h2-4,6-7,9-10,14,16,20H,5,8,11-13,15H2,1H3/t20-/m0/s1. The van der Waals surface area contributed by atoms with Gasteiger partial charge in [0.2, 0.25) is 5.91 Å². The number of aromatic nitrogens is 2. The van der Waals surface area contributed by atoms with E-state index in [1.807, 2.05) is 60.4 Å². The van der Waals surface area contributed by atoms with Crippen LogP contribution in [-0.4, -0.2) is 40.1 Å². The monoisotopic (exact) mass is 487 g/mol. The lowest BCUT2D eigenvalue weighted by Gasteiger charge is -2.27. The van der Waals surface area contributed by atoms with Crippen molar-refractivity contribution in [3.05, 3.63) is 75.7 Å². The van der Waals surface area contributed by atoms with Crippen LogP contribution >= 0.6 is 11.3 Å². The molecule has 8 heteroatoms. The Kier molecular flexibility index (Phi) is 5.53. The minimum Gasteiger partial charge on any atom is -0.486 e. The highest BCUT2D eigenvalue weighted by Crippen LogP contribution is 2.38. The molecule has 1 amide bonds. The molecule has 2 aliphatic rings. The smallest absolute Gasteiger partial charge is 0.263 e. The molecule has 0 radical (unpaired) electrons. The predicted molar refractivity (Wildman–Crippen MR) is 135 cm³/mol. The van der Waals surface area contributed by atoms with Gasteiger partial charge in [-0.3, -0.25) is 14.2 Å². The van der Waals surface area contributed by atoms with Crippen LogP contribution in [0.1, 0.15) is 29.3 Å². The molecule has 6 rings (SSSR count). The van der Waals surface area contributed by atoms with E-state index >= 15 is 0 Å². The second-order valence-corrected chi connectivity index (χ2v) is 10.1. The largest absolute Gasteiger partial charge is 0.486 e. The van der Waals surface area contributed by atoms with Crippen molar-refractivity contribution in [2.45, 2.75) is 32.4 Å². The molecule has 0 unspecified atom stereocenters. The first-order valence-corrected chi connectivity index (χ1v) is 12.6. The Balaban J connectivity index is 1.30. The van der Waals surface area contributed by atoms with E-state index in [9.17, 15) is 9.59 Å². The Labute approximate surface area is 206 Å². The summed E-state index contributed by atoms with van der Waals surface area (Å²) in [5.74, 6) is 1.38. The number of benzene rings is 2. The number of fused-ring (bicyclic) bond motifs is 2. The van der Waals surface area contributed by atoms with Crippen LogP contribution in [0.3, 0.4) is 0 Å². The number of rotatable bonds is 4. The van der Waals surface area contributed by atoms with Crippen LogP contribution in [0.2, 0.25) is 0 Å². The first-order chi connectivity index (χ1) is 17.1. The SMILES string of the molecule is Cc1sc2ncn(CC(=O)N3CCC[C@H]3c3ccc4c(c3)OCCO4)c(=O)c2c1-c1ccccc1. The van der Waals surface area contributed by atoms with Crippen LogP contribution in [0.25, 0.3) is 21.3 Å². The van der Waals surface area contributed by atoms with Gasteiger partial charge in [0.25, 0.3) is 5.56 Å². The molecule has 0 spiro atoms. The highest BCUT2D eigenvalue weighted by Gasteiger charge is 2.31. The molecule has 1 atom stereocenters.